The number of aryl methyl sites for hydroxylation is 2. The molecule has 0 aliphatic carbocycles. The van der Waals surface area contributed by atoms with Crippen LogP contribution in [0.5, 0.6) is 5.75 Å². The van der Waals surface area contributed by atoms with E-state index in [1.807, 2.05) is 0 Å². The van der Waals surface area contributed by atoms with Gasteiger partial charge in [-0.2, -0.15) is 13.2 Å². The highest BCUT2D eigenvalue weighted by molar-refractivity contribution is 6.31. The summed E-state index contributed by atoms with van der Waals surface area (Å²) >= 11 is 6.09. The van der Waals surface area contributed by atoms with E-state index >= 15 is 0 Å². The Labute approximate surface area is 180 Å². The van der Waals surface area contributed by atoms with Crippen molar-refractivity contribution in [2.45, 2.75) is 32.4 Å². The molecule has 166 valence electrons. The van der Waals surface area contributed by atoms with Gasteiger partial charge in [-0.25, -0.2) is 14.4 Å². The minimum atomic E-state index is -4.44. The zero-order chi connectivity index (χ0) is 22.9. The Kier molecular flexibility index (Phi) is 6.49. The molecule has 0 bridgehead atoms. The molecule has 1 fully saturated rings. The van der Waals surface area contributed by atoms with Crippen LogP contribution < -0.4 is 4.74 Å². The van der Waals surface area contributed by atoms with Crippen LogP contribution in [0.2, 0.25) is 5.02 Å². The second-order valence-corrected chi connectivity index (χ2v) is 7.56. The van der Waals surface area contributed by atoms with Crippen LogP contribution in [0.25, 0.3) is 0 Å². The quantitative estimate of drug-likeness (QED) is 0.670. The van der Waals surface area contributed by atoms with Crippen molar-refractivity contribution < 1.29 is 27.1 Å². The summed E-state index contributed by atoms with van der Waals surface area (Å²) in [6, 6.07) is 3.06. The molecule has 3 rings (SSSR count). The molecule has 6 nitrogen and oxygen atoms in total. The lowest BCUT2D eigenvalue weighted by Crippen LogP contribution is -2.29. The smallest absolute Gasteiger partial charge is 0.392 e. The monoisotopic (exact) mass is 458 g/mol. The fourth-order valence-electron chi connectivity index (χ4n) is 3.23. The summed E-state index contributed by atoms with van der Waals surface area (Å²) in [6.45, 7) is 2.75. The summed E-state index contributed by atoms with van der Waals surface area (Å²) in [5.74, 6) is -1.80. The van der Waals surface area contributed by atoms with E-state index in [4.69, 9.17) is 21.7 Å². The zero-order valence-electron chi connectivity index (χ0n) is 16.7. The van der Waals surface area contributed by atoms with Crippen molar-refractivity contribution in [1.82, 2.24) is 14.9 Å². The van der Waals surface area contributed by atoms with Gasteiger partial charge in [0.05, 0.1) is 47.5 Å². The van der Waals surface area contributed by atoms with E-state index in [2.05, 4.69) is 9.97 Å². The molecule has 2 heterocycles. The van der Waals surface area contributed by atoms with Gasteiger partial charge in [-0.1, -0.05) is 11.6 Å². The highest BCUT2D eigenvalue weighted by Gasteiger charge is 2.36. The van der Waals surface area contributed by atoms with Crippen LogP contribution in [0.15, 0.2) is 18.2 Å². The van der Waals surface area contributed by atoms with Gasteiger partial charge in [0.25, 0.3) is 5.91 Å². The van der Waals surface area contributed by atoms with Gasteiger partial charge in [0.2, 0.25) is 0 Å². The van der Waals surface area contributed by atoms with Gasteiger partial charge in [0.1, 0.15) is 17.4 Å². The van der Waals surface area contributed by atoms with Crippen LogP contribution in [0.3, 0.4) is 0 Å². The van der Waals surface area contributed by atoms with E-state index in [1.54, 1.807) is 13.8 Å². The molecular weight excluding hydrogens is 440 g/mol. The Morgan fingerprint density at radius 3 is 2.55 bits per heavy atom. The van der Waals surface area contributed by atoms with E-state index in [0.717, 1.165) is 18.2 Å². The summed E-state index contributed by atoms with van der Waals surface area (Å²) in [6.07, 6.45) is -5.68. The third kappa shape index (κ3) is 5.30. The lowest BCUT2D eigenvalue weighted by molar-refractivity contribution is -0.139. The Morgan fingerprint density at radius 1 is 1.29 bits per heavy atom. The van der Waals surface area contributed by atoms with Crippen molar-refractivity contribution in [3.05, 3.63) is 51.8 Å². The normalized spacial score (nSPS) is 16.7. The Morgan fingerprint density at radius 2 is 1.94 bits per heavy atom. The maximum atomic E-state index is 13.6. The third-order valence-electron chi connectivity index (χ3n) is 4.80. The number of nitrogens with one attached hydrogen (secondary N) is 1. The predicted molar refractivity (Wildman–Crippen MR) is 105 cm³/mol. The molecule has 1 saturated heterocycles. The molecule has 0 saturated carbocycles. The summed E-state index contributed by atoms with van der Waals surface area (Å²) in [4.78, 5) is 23.0. The van der Waals surface area contributed by atoms with Crippen LogP contribution in [0.4, 0.5) is 17.6 Å². The van der Waals surface area contributed by atoms with Crippen molar-refractivity contribution in [3.63, 3.8) is 0 Å². The lowest BCUT2D eigenvalue weighted by Gasteiger charge is -2.18. The highest BCUT2D eigenvalue weighted by Crippen LogP contribution is 2.29. The topological polar surface area (TPSA) is 79.2 Å². The molecule has 1 aromatic heterocycles. The molecule has 2 aromatic rings. The molecule has 1 aliphatic heterocycles. The van der Waals surface area contributed by atoms with Crippen molar-refractivity contribution in [1.29, 1.82) is 5.41 Å². The van der Waals surface area contributed by atoms with Gasteiger partial charge in [0.15, 0.2) is 0 Å². The molecule has 0 spiro atoms. The molecule has 11 heteroatoms. The SMILES string of the molecule is Cc1nc(C2CN(C(=O)c3ccc(F)cc3OCCC(F)(F)F)CC2=N)nc(C)c1Cl. The molecule has 1 aliphatic rings. The molecule has 1 aromatic carbocycles. The fraction of sp³-hybridized carbons (Fsp3) is 0.400. The Hall–Kier alpha value is -2.75. The fourth-order valence-corrected chi connectivity index (χ4v) is 3.31. The van der Waals surface area contributed by atoms with Crippen molar-refractivity contribution in [3.8, 4) is 5.75 Å². The number of likely N-dealkylation sites (tertiary alicyclic amines) is 1. The number of hydrogen-bond donors (Lipinski definition) is 1. The first-order chi connectivity index (χ1) is 14.5. The van der Waals surface area contributed by atoms with E-state index in [1.165, 1.54) is 4.90 Å². The number of carbonyl (C=O) groups excluding carboxylic acids is 1. The van der Waals surface area contributed by atoms with Gasteiger partial charge in [-0.15, -0.1) is 0 Å². The van der Waals surface area contributed by atoms with Gasteiger partial charge >= 0.3 is 6.18 Å². The highest BCUT2D eigenvalue weighted by atomic mass is 35.5. The minimum Gasteiger partial charge on any atom is -0.492 e. The Bertz CT molecular complexity index is 1010. The van der Waals surface area contributed by atoms with E-state index in [0.29, 0.717) is 22.2 Å². The molecule has 31 heavy (non-hydrogen) atoms. The number of rotatable bonds is 5. The standard InChI is InChI=1S/C20H19ClF4N4O2/c1-10-17(21)11(2)28-18(27-10)14-8-29(9-15(14)26)19(30)13-4-3-12(22)7-16(13)31-6-5-20(23,24)25/h3-4,7,14,26H,5-6,8-9H2,1-2H3. The first-order valence-electron chi connectivity index (χ1n) is 9.32. The maximum absolute atomic E-state index is 13.6. The van der Waals surface area contributed by atoms with Crippen molar-refractivity contribution in [2.24, 2.45) is 0 Å². The van der Waals surface area contributed by atoms with Crippen LogP contribution in [-0.2, 0) is 0 Å². The molecule has 0 radical (unpaired) electrons. The Balaban J connectivity index is 1.80. The second kappa shape index (κ2) is 8.78. The lowest BCUT2D eigenvalue weighted by atomic mass is 10.1. The number of carbonyl (C=O) groups is 1. The summed E-state index contributed by atoms with van der Waals surface area (Å²) in [5.41, 5.74) is 1.23. The number of nitrogens with zero attached hydrogens (tertiary/aromatic N) is 3. The van der Waals surface area contributed by atoms with Crippen LogP contribution in [0, 0.1) is 25.1 Å². The first kappa shape index (κ1) is 22.9. The van der Waals surface area contributed by atoms with Gasteiger partial charge in [0, 0.05) is 18.3 Å². The number of amides is 1. The number of benzene rings is 1. The largest absolute Gasteiger partial charge is 0.492 e. The molecule has 1 amide bonds. The van der Waals surface area contributed by atoms with Gasteiger partial charge in [-0.3, -0.25) is 4.79 Å². The van der Waals surface area contributed by atoms with Crippen LogP contribution >= 0.6 is 11.6 Å². The number of ether oxygens (including phenoxy) is 1. The molecule has 1 atom stereocenters. The summed E-state index contributed by atoms with van der Waals surface area (Å²) in [5, 5.41) is 8.69. The number of alkyl halides is 3. The number of halogens is 5. The van der Waals surface area contributed by atoms with E-state index in [-0.39, 0.29) is 30.1 Å². The maximum Gasteiger partial charge on any atom is 0.392 e. The molecule has 1 unspecified atom stereocenters. The first-order valence-corrected chi connectivity index (χ1v) is 9.70. The predicted octanol–water partition coefficient (Wildman–Crippen LogP) is 4.48. The van der Waals surface area contributed by atoms with Gasteiger partial charge < -0.3 is 15.0 Å². The van der Waals surface area contributed by atoms with Crippen LogP contribution in [0.1, 0.15) is 39.9 Å². The van der Waals surface area contributed by atoms with Crippen molar-refractivity contribution in [2.75, 3.05) is 19.7 Å². The summed E-state index contributed by atoms with van der Waals surface area (Å²) in [7, 11) is 0. The average Bonchev–Trinajstić information content (AvgIpc) is 3.06. The molecular formula is C20H19ClF4N4O2. The summed E-state index contributed by atoms with van der Waals surface area (Å²) < 4.78 is 55.9. The average molecular weight is 459 g/mol. The van der Waals surface area contributed by atoms with E-state index in [9.17, 15) is 22.4 Å². The number of hydrogen-bond acceptors (Lipinski definition) is 5. The molecule has 1 N–H and O–H groups in total. The van der Waals surface area contributed by atoms with E-state index < -0.39 is 36.8 Å². The number of aromatic nitrogens is 2. The zero-order valence-corrected chi connectivity index (χ0v) is 17.4. The van der Waals surface area contributed by atoms with Gasteiger partial charge in [-0.05, 0) is 26.0 Å². The van der Waals surface area contributed by atoms with Crippen molar-refractivity contribution >= 4 is 23.2 Å². The minimum absolute atomic E-state index is 0.0209. The third-order valence-corrected chi connectivity index (χ3v) is 5.35. The van der Waals surface area contributed by atoms with Crippen LogP contribution in [-0.4, -0.2) is 52.4 Å². The second-order valence-electron chi connectivity index (χ2n) is 7.18.